The lowest BCUT2D eigenvalue weighted by Crippen LogP contribution is -2.25. The van der Waals surface area contributed by atoms with Crippen molar-refractivity contribution in [3.05, 3.63) is 57.4 Å². The van der Waals surface area contributed by atoms with Gasteiger partial charge in [-0.25, -0.2) is 9.59 Å². The zero-order valence-corrected chi connectivity index (χ0v) is 8.86. The third-order valence-electron chi connectivity index (χ3n) is 2.10. The van der Waals surface area contributed by atoms with Gasteiger partial charge in [0.25, 0.3) is 0 Å². The molecule has 0 aliphatic heterocycles. The highest BCUT2D eigenvalue weighted by molar-refractivity contribution is 5.68. The molecule has 2 aromatic rings. The SMILES string of the molecule is C=Cc1ccccc1Nc1nc(=O)[nH]c(=O)[nH]1. The highest BCUT2D eigenvalue weighted by atomic mass is 16.2. The van der Waals surface area contributed by atoms with Gasteiger partial charge in [-0.05, 0) is 11.6 Å². The van der Waals surface area contributed by atoms with Gasteiger partial charge < -0.3 is 5.32 Å². The molecule has 3 N–H and O–H groups in total. The van der Waals surface area contributed by atoms with Crippen molar-refractivity contribution in [1.29, 1.82) is 0 Å². The second-order valence-corrected chi connectivity index (χ2v) is 3.26. The molecule has 0 bridgehead atoms. The van der Waals surface area contributed by atoms with Crippen LogP contribution in [0.25, 0.3) is 6.08 Å². The van der Waals surface area contributed by atoms with Gasteiger partial charge >= 0.3 is 11.4 Å². The molecule has 0 atom stereocenters. The minimum Gasteiger partial charge on any atom is -0.325 e. The molecule has 1 heterocycles. The average molecular weight is 230 g/mol. The van der Waals surface area contributed by atoms with Crippen LogP contribution in [-0.2, 0) is 0 Å². The molecule has 17 heavy (non-hydrogen) atoms. The Morgan fingerprint density at radius 2 is 2.00 bits per heavy atom. The maximum Gasteiger partial charge on any atom is 0.352 e. The number of aromatic nitrogens is 3. The number of H-pyrrole nitrogens is 2. The van der Waals surface area contributed by atoms with Crippen LogP contribution in [0.1, 0.15) is 5.56 Å². The molecule has 1 aromatic heterocycles. The van der Waals surface area contributed by atoms with Crippen molar-refractivity contribution >= 4 is 17.7 Å². The van der Waals surface area contributed by atoms with Crippen LogP contribution < -0.4 is 16.7 Å². The summed E-state index contributed by atoms with van der Waals surface area (Å²) in [4.78, 5) is 30.0. The molecule has 0 aliphatic rings. The number of aromatic amines is 2. The first-order valence-corrected chi connectivity index (χ1v) is 4.88. The molecule has 6 heteroatoms. The highest BCUT2D eigenvalue weighted by Crippen LogP contribution is 2.18. The van der Waals surface area contributed by atoms with Crippen molar-refractivity contribution < 1.29 is 0 Å². The maximum absolute atomic E-state index is 11.0. The van der Waals surface area contributed by atoms with Crippen LogP contribution in [-0.4, -0.2) is 15.0 Å². The second kappa shape index (κ2) is 4.48. The molecule has 0 spiro atoms. The van der Waals surface area contributed by atoms with Gasteiger partial charge in [-0.3, -0.25) is 9.97 Å². The lowest BCUT2D eigenvalue weighted by Gasteiger charge is -2.07. The predicted molar refractivity (Wildman–Crippen MR) is 65.3 cm³/mol. The van der Waals surface area contributed by atoms with Crippen LogP contribution >= 0.6 is 0 Å². The van der Waals surface area contributed by atoms with E-state index in [-0.39, 0.29) is 5.95 Å². The Bertz CT molecular complexity index is 629. The topological polar surface area (TPSA) is 90.6 Å². The third kappa shape index (κ3) is 2.49. The molecule has 0 aliphatic carbocycles. The minimum absolute atomic E-state index is 0.0908. The number of para-hydroxylation sites is 1. The Labute approximate surface area is 96.1 Å². The zero-order chi connectivity index (χ0) is 12.3. The maximum atomic E-state index is 11.0. The van der Waals surface area contributed by atoms with E-state index in [1.165, 1.54) is 0 Å². The number of hydrogen-bond acceptors (Lipinski definition) is 4. The quantitative estimate of drug-likeness (QED) is 0.728. The third-order valence-corrected chi connectivity index (χ3v) is 2.10. The molecule has 2 rings (SSSR count). The van der Waals surface area contributed by atoms with E-state index in [0.29, 0.717) is 5.69 Å². The van der Waals surface area contributed by atoms with Crippen LogP contribution in [0.15, 0.2) is 40.4 Å². The highest BCUT2D eigenvalue weighted by Gasteiger charge is 2.01. The lowest BCUT2D eigenvalue weighted by atomic mass is 10.2. The van der Waals surface area contributed by atoms with Crippen LogP contribution in [0.3, 0.4) is 0 Å². The smallest absolute Gasteiger partial charge is 0.325 e. The Morgan fingerprint density at radius 1 is 1.24 bits per heavy atom. The van der Waals surface area contributed by atoms with Gasteiger partial charge in [-0.15, -0.1) is 0 Å². The summed E-state index contributed by atoms with van der Waals surface area (Å²) in [6, 6.07) is 7.32. The summed E-state index contributed by atoms with van der Waals surface area (Å²) in [5.41, 5.74) is 0.239. The number of anilines is 2. The molecule has 0 saturated carbocycles. The molecule has 1 aromatic carbocycles. The first-order chi connectivity index (χ1) is 8.19. The molecular formula is C11H10N4O2. The second-order valence-electron chi connectivity index (χ2n) is 3.26. The van der Waals surface area contributed by atoms with Gasteiger partial charge in [-0.2, -0.15) is 4.98 Å². The van der Waals surface area contributed by atoms with Crippen molar-refractivity contribution in [2.24, 2.45) is 0 Å². The van der Waals surface area contributed by atoms with Gasteiger partial charge in [0.05, 0.1) is 0 Å². The fourth-order valence-corrected chi connectivity index (χ4v) is 1.37. The van der Waals surface area contributed by atoms with Crippen LogP contribution in [0.2, 0.25) is 0 Å². The number of nitrogens with one attached hydrogen (secondary N) is 3. The first kappa shape index (κ1) is 10.9. The van der Waals surface area contributed by atoms with Crippen LogP contribution in [0.4, 0.5) is 11.6 Å². The van der Waals surface area contributed by atoms with Crippen molar-refractivity contribution in [3.8, 4) is 0 Å². The Kier molecular flexibility index (Phi) is 2.87. The zero-order valence-electron chi connectivity index (χ0n) is 8.86. The summed E-state index contributed by atoms with van der Waals surface area (Å²) >= 11 is 0. The van der Waals surface area contributed by atoms with Gasteiger partial charge in [-0.1, -0.05) is 30.9 Å². The van der Waals surface area contributed by atoms with E-state index in [1.807, 2.05) is 23.2 Å². The number of rotatable bonds is 3. The molecule has 0 fully saturated rings. The van der Waals surface area contributed by atoms with Crippen molar-refractivity contribution in [2.75, 3.05) is 5.32 Å². The monoisotopic (exact) mass is 230 g/mol. The number of benzene rings is 1. The minimum atomic E-state index is -0.702. The first-order valence-electron chi connectivity index (χ1n) is 4.88. The van der Waals surface area contributed by atoms with Crippen LogP contribution in [0, 0.1) is 0 Å². The van der Waals surface area contributed by atoms with E-state index in [9.17, 15) is 9.59 Å². The number of hydrogen-bond donors (Lipinski definition) is 3. The lowest BCUT2D eigenvalue weighted by molar-refractivity contribution is 0.942. The average Bonchev–Trinajstić information content (AvgIpc) is 2.28. The summed E-state index contributed by atoms with van der Waals surface area (Å²) in [6.07, 6.45) is 1.66. The summed E-state index contributed by atoms with van der Waals surface area (Å²) in [6.45, 7) is 3.67. The summed E-state index contributed by atoms with van der Waals surface area (Å²) in [5.74, 6) is 0.0908. The molecule has 0 unspecified atom stereocenters. The van der Waals surface area contributed by atoms with Crippen molar-refractivity contribution in [2.45, 2.75) is 0 Å². The predicted octanol–water partition coefficient (Wildman–Crippen LogP) is 0.845. The molecule has 0 amide bonds. The Balaban J connectivity index is 2.41. The molecule has 0 radical (unpaired) electrons. The molecule has 0 saturated heterocycles. The number of nitrogens with zero attached hydrogens (tertiary/aromatic N) is 1. The molecule has 6 nitrogen and oxygen atoms in total. The van der Waals surface area contributed by atoms with Crippen molar-refractivity contribution in [1.82, 2.24) is 15.0 Å². The van der Waals surface area contributed by atoms with E-state index in [2.05, 4.69) is 21.9 Å². The van der Waals surface area contributed by atoms with E-state index in [1.54, 1.807) is 12.1 Å². The molecule has 86 valence electrons. The fourth-order valence-electron chi connectivity index (χ4n) is 1.37. The largest absolute Gasteiger partial charge is 0.352 e. The van der Waals surface area contributed by atoms with E-state index in [0.717, 1.165) is 5.56 Å². The Morgan fingerprint density at radius 3 is 2.71 bits per heavy atom. The normalized spacial score (nSPS) is 9.88. The van der Waals surface area contributed by atoms with E-state index < -0.39 is 11.4 Å². The van der Waals surface area contributed by atoms with E-state index in [4.69, 9.17) is 0 Å². The van der Waals surface area contributed by atoms with Gasteiger partial charge in [0, 0.05) is 5.69 Å². The van der Waals surface area contributed by atoms with Gasteiger partial charge in [0.2, 0.25) is 5.95 Å². The van der Waals surface area contributed by atoms with Crippen molar-refractivity contribution in [3.63, 3.8) is 0 Å². The standard InChI is InChI=1S/C11H10N4O2/c1-2-7-5-3-4-6-8(7)12-9-13-10(16)15-11(17)14-9/h2-6H,1H2,(H3,12,13,14,15,16,17). The van der Waals surface area contributed by atoms with Crippen LogP contribution in [0.5, 0.6) is 0 Å². The van der Waals surface area contributed by atoms with E-state index >= 15 is 0 Å². The Hall–Kier alpha value is -2.63. The van der Waals surface area contributed by atoms with Gasteiger partial charge in [0.1, 0.15) is 0 Å². The summed E-state index contributed by atoms with van der Waals surface area (Å²) in [5, 5.41) is 2.85. The fraction of sp³-hybridized carbons (Fsp3) is 0. The summed E-state index contributed by atoms with van der Waals surface area (Å²) in [7, 11) is 0. The summed E-state index contributed by atoms with van der Waals surface area (Å²) < 4.78 is 0. The van der Waals surface area contributed by atoms with Gasteiger partial charge in [0.15, 0.2) is 0 Å². The molecular weight excluding hydrogens is 220 g/mol.